The van der Waals surface area contributed by atoms with Gasteiger partial charge in [0.15, 0.2) is 5.65 Å². The van der Waals surface area contributed by atoms with Gasteiger partial charge in [-0.3, -0.25) is 4.68 Å². The van der Waals surface area contributed by atoms with Crippen LogP contribution in [0.15, 0.2) is 6.20 Å². The summed E-state index contributed by atoms with van der Waals surface area (Å²) in [6.07, 6.45) is 1.66. The zero-order valence-electron chi connectivity index (χ0n) is 9.79. The first-order valence-corrected chi connectivity index (χ1v) is 6.33. The Labute approximate surface area is 103 Å². The molecule has 2 rings (SSSR count). The van der Waals surface area contributed by atoms with Gasteiger partial charge in [0, 0.05) is 12.3 Å². The summed E-state index contributed by atoms with van der Waals surface area (Å²) < 4.78 is 1.68. The normalized spacial score (nSPS) is 13.1. The van der Waals surface area contributed by atoms with Crippen molar-refractivity contribution in [2.75, 3.05) is 12.3 Å². The van der Waals surface area contributed by atoms with Crippen LogP contribution in [0.3, 0.4) is 0 Å². The lowest BCUT2D eigenvalue weighted by Crippen LogP contribution is -2.06. The topological polar surface area (TPSA) is 89.9 Å². The molecular weight excluding hydrogens is 238 g/mol. The van der Waals surface area contributed by atoms with Crippen molar-refractivity contribution in [3.63, 3.8) is 0 Å². The predicted octanol–water partition coefficient (Wildman–Crippen LogP) is 0.559. The molecule has 7 heteroatoms. The van der Waals surface area contributed by atoms with Gasteiger partial charge in [-0.25, -0.2) is 9.97 Å². The molecule has 0 fully saturated rings. The Morgan fingerprint density at radius 3 is 3.00 bits per heavy atom. The number of anilines is 1. The molecule has 2 heterocycles. The Kier molecular flexibility index (Phi) is 3.49. The van der Waals surface area contributed by atoms with Crippen molar-refractivity contribution in [1.29, 1.82) is 0 Å². The van der Waals surface area contributed by atoms with Crippen LogP contribution in [0.2, 0.25) is 0 Å². The first kappa shape index (κ1) is 12.1. The number of aryl methyl sites for hydroxylation is 1. The fourth-order valence-electron chi connectivity index (χ4n) is 1.42. The van der Waals surface area contributed by atoms with Crippen molar-refractivity contribution in [2.24, 2.45) is 7.05 Å². The molecule has 6 nitrogen and oxygen atoms in total. The molecule has 1 unspecified atom stereocenters. The van der Waals surface area contributed by atoms with Gasteiger partial charge >= 0.3 is 0 Å². The molecule has 0 aliphatic rings. The number of rotatable bonds is 4. The lowest BCUT2D eigenvalue weighted by atomic mass is 10.4. The molecule has 3 N–H and O–H groups in total. The van der Waals surface area contributed by atoms with E-state index in [2.05, 4.69) is 15.1 Å². The van der Waals surface area contributed by atoms with Gasteiger partial charge in [0.25, 0.3) is 0 Å². The third-order valence-electron chi connectivity index (χ3n) is 2.42. The van der Waals surface area contributed by atoms with Crippen molar-refractivity contribution in [1.82, 2.24) is 19.7 Å². The van der Waals surface area contributed by atoms with Gasteiger partial charge in [-0.1, -0.05) is 6.92 Å². The standard InChI is InChI=1S/C10H15N5OS/c1-6(4-16)17-5-8-13-9(11)7-3-12-15(2)10(7)14-8/h3,6,16H,4-5H2,1-2H3,(H2,11,13,14). The average Bonchev–Trinajstić information content (AvgIpc) is 2.69. The van der Waals surface area contributed by atoms with Crippen LogP contribution in [0.1, 0.15) is 12.7 Å². The van der Waals surface area contributed by atoms with Crippen molar-refractivity contribution < 1.29 is 5.11 Å². The number of nitrogens with zero attached hydrogens (tertiary/aromatic N) is 4. The summed E-state index contributed by atoms with van der Waals surface area (Å²) in [4.78, 5) is 8.64. The highest BCUT2D eigenvalue weighted by Gasteiger charge is 2.10. The molecular formula is C10H15N5OS. The predicted molar refractivity (Wildman–Crippen MR) is 68.6 cm³/mol. The van der Waals surface area contributed by atoms with Gasteiger partial charge in [-0.15, -0.1) is 11.8 Å². The molecule has 0 spiro atoms. The molecule has 92 valence electrons. The van der Waals surface area contributed by atoms with E-state index in [1.807, 2.05) is 14.0 Å². The maximum Gasteiger partial charge on any atom is 0.163 e. The Morgan fingerprint density at radius 1 is 1.53 bits per heavy atom. The zero-order chi connectivity index (χ0) is 12.4. The van der Waals surface area contributed by atoms with Crippen LogP contribution < -0.4 is 5.73 Å². The second-order valence-corrected chi connectivity index (χ2v) is 5.26. The lowest BCUT2D eigenvalue weighted by Gasteiger charge is -2.07. The minimum absolute atomic E-state index is 0.147. The Balaban J connectivity index is 2.26. The Bertz CT molecular complexity index is 527. The number of aliphatic hydroxyl groups is 1. The number of nitrogens with two attached hydrogens (primary N) is 1. The molecule has 0 aliphatic heterocycles. The third kappa shape index (κ3) is 2.50. The van der Waals surface area contributed by atoms with Crippen LogP contribution in [0.25, 0.3) is 11.0 Å². The number of fused-ring (bicyclic) bond motifs is 1. The van der Waals surface area contributed by atoms with E-state index in [1.54, 1.807) is 22.6 Å². The SMILES string of the molecule is CC(CO)SCc1nc(N)c2cnn(C)c2n1. The summed E-state index contributed by atoms with van der Waals surface area (Å²) in [5.41, 5.74) is 6.59. The number of aromatic nitrogens is 4. The molecule has 0 amide bonds. The van der Waals surface area contributed by atoms with Gasteiger partial charge < -0.3 is 10.8 Å². The van der Waals surface area contributed by atoms with Gasteiger partial charge in [-0.05, 0) is 0 Å². The van der Waals surface area contributed by atoms with E-state index in [9.17, 15) is 0 Å². The summed E-state index contributed by atoms with van der Waals surface area (Å²) in [5, 5.41) is 14.0. The highest BCUT2D eigenvalue weighted by molar-refractivity contribution is 7.99. The van der Waals surface area contributed by atoms with Crippen LogP contribution in [0.4, 0.5) is 5.82 Å². The van der Waals surface area contributed by atoms with E-state index in [1.165, 1.54) is 0 Å². The highest BCUT2D eigenvalue weighted by atomic mass is 32.2. The molecule has 17 heavy (non-hydrogen) atoms. The molecule has 2 aromatic rings. The molecule has 1 atom stereocenters. The third-order valence-corrected chi connectivity index (χ3v) is 3.56. The molecule has 0 saturated carbocycles. The molecule has 0 aliphatic carbocycles. The van der Waals surface area contributed by atoms with Crippen LogP contribution in [0.5, 0.6) is 0 Å². The highest BCUT2D eigenvalue weighted by Crippen LogP contribution is 2.20. The van der Waals surface area contributed by atoms with Gasteiger partial charge in [0.2, 0.25) is 0 Å². The number of nitrogen functional groups attached to an aromatic ring is 1. The second kappa shape index (κ2) is 4.89. The molecule has 2 aromatic heterocycles. The Morgan fingerprint density at radius 2 is 2.29 bits per heavy atom. The van der Waals surface area contributed by atoms with E-state index in [0.29, 0.717) is 17.4 Å². The van der Waals surface area contributed by atoms with Gasteiger partial charge in [0.05, 0.1) is 23.9 Å². The molecule has 0 saturated heterocycles. The fourth-order valence-corrected chi connectivity index (χ4v) is 2.09. The van der Waals surface area contributed by atoms with Crippen LogP contribution in [-0.2, 0) is 12.8 Å². The van der Waals surface area contributed by atoms with Crippen molar-refractivity contribution in [2.45, 2.75) is 17.9 Å². The average molecular weight is 253 g/mol. The molecule has 0 radical (unpaired) electrons. The second-order valence-electron chi connectivity index (χ2n) is 3.83. The van der Waals surface area contributed by atoms with Gasteiger partial charge in [-0.2, -0.15) is 5.10 Å². The monoisotopic (exact) mass is 253 g/mol. The number of hydrogen-bond acceptors (Lipinski definition) is 6. The smallest absolute Gasteiger partial charge is 0.163 e. The summed E-state index contributed by atoms with van der Waals surface area (Å²) in [5.74, 6) is 1.76. The maximum absolute atomic E-state index is 8.95. The van der Waals surface area contributed by atoms with Crippen LogP contribution in [-0.4, -0.2) is 36.7 Å². The van der Waals surface area contributed by atoms with E-state index in [4.69, 9.17) is 10.8 Å². The number of thioether (sulfide) groups is 1. The summed E-state index contributed by atoms with van der Waals surface area (Å²) in [7, 11) is 1.82. The largest absolute Gasteiger partial charge is 0.395 e. The fraction of sp³-hybridized carbons (Fsp3) is 0.500. The minimum Gasteiger partial charge on any atom is -0.395 e. The first-order valence-electron chi connectivity index (χ1n) is 5.28. The zero-order valence-corrected chi connectivity index (χ0v) is 10.6. The maximum atomic E-state index is 8.95. The molecule has 0 bridgehead atoms. The quantitative estimate of drug-likeness (QED) is 0.827. The van der Waals surface area contributed by atoms with E-state index < -0.39 is 0 Å². The van der Waals surface area contributed by atoms with Crippen LogP contribution >= 0.6 is 11.8 Å². The summed E-state index contributed by atoms with van der Waals surface area (Å²) in [6.45, 7) is 2.10. The lowest BCUT2D eigenvalue weighted by molar-refractivity contribution is 0.300. The number of aliphatic hydroxyl groups excluding tert-OH is 1. The van der Waals surface area contributed by atoms with Gasteiger partial charge in [0.1, 0.15) is 11.6 Å². The van der Waals surface area contributed by atoms with E-state index in [-0.39, 0.29) is 11.9 Å². The van der Waals surface area contributed by atoms with Crippen molar-refractivity contribution in [3.05, 3.63) is 12.0 Å². The van der Waals surface area contributed by atoms with E-state index >= 15 is 0 Å². The summed E-state index contributed by atoms with van der Waals surface area (Å²) in [6, 6.07) is 0. The summed E-state index contributed by atoms with van der Waals surface area (Å²) >= 11 is 1.59. The first-order chi connectivity index (χ1) is 8.11. The molecule has 0 aromatic carbocycles. The van der Waals surface area contributed by atoms with Crippen molar-refractivity contribution in [3.8, 4) is 0 Å². The Hall–Kier alpha value is -1.34. The number of hydrogen-bond donors (Lipinski definition) is 2. The van der Waals surface area contributed by atoms with Crippen LogP contribution in [0, 0.1) is 0 Å². The van der Waals surface area contributed by atoms with E-state index in [0.717, 1.165) is 11.0 Å². The minimum atomic E-state index is 0.147. The van der Waals surface area contributed by atoms with Crippen molar-refractivity contribution >= 4 is 28.6 Å².